The Labute approximate surface area is 172 Å². The predicted octanol–water partition coefficient (Wildman–Crippen LogP) is 6.79. The third-order valence-electron chi connectivity index (χ3n) is 6.27. The van der Waals surface area contributed by atoms with Crippen LogP contribution in [0.2, 0.25) is 0 Å². The number of phenolic OH excluding ortho intramolecular Hbond substituents is 2. The first-order chi connectivity index (χ1) is 14.1. The van der Waals surface area contributed by atoms with Gasteiger partial charge in [-0.05, 0) is 49.1 Å². The van der Waals surface area contributed by atoms with E-state index in [1.165, 1.54) is 44.6 Å². The van der Waals surface area contributed by atoms with Crippen LogP contribution in [-0.4, -0.2) is 15.1 Å². The molecule has 5 nitrogen and oxygen atoms in total. The maximum absolute atomic E-state index is 10.7. The molecule has 4 rings (SSSR count). The van der Waals surface area contributed by atoms with Gasteiger partial charge in [-0.15, -0.1) is 0 Å². The van der Waals surface area contributed by atoms with E-state index in [0.717, 1.165) is 36.8 Å². The molecule has 0 amide bonds. The molecule has 0 atom stereocenters. The number of aromatic hydroxyl groups is 2. The third kappa shape index (κ3) is 5.49. The molecular weight excluding hydrogens is 366 g/mol. The lowest BCUT2D eigenvalue weighted by molar-refractivity contribution is -0.386. The smallest absolute Gasteiger partial charge is 0.310 e. The van der Waals surface area contributed by atoms with Crippen LogP contribution in [0.1, 0.15) is 87.2 Å². The summed E-state index contributed by atoms with van der Waals surface area (Å²) in [4.78, 5) is 10.2. The van der Waals surface area contributed by atoms with Gasteiger partial charge in [-0.2, -0.15) is 0 Å². The molecule has 0 spiro atoms. The van der Waals surface area contributed by atoms with Crippen molar-refractivity contribution >= 4 is 5.69 Å². The minimum absolute atomic E-state index is 0.139. The summed E-state index contributed by atoms with van der Waals surface area (Å²) in [5.41, 5.74) is 1.72. The molecule has 2 aliphatic rings. The summed E-state index contributed by atoms with van der Waals surface area (Å²) in [6.45, 7) is 0. The van der Waals surface area contributed by atoms with E-state index in [4.69, 9.17) is 0 Å². The molecule has 2 saturated carbocycles. The molecule has 2 aromatic carbocycles. The Morgan fingerprint density at radius 2 is 1.24 bits per heavy atom. The minimum atomic E-state index is -0.526. The van der Waals surface area contributed by atoms with Gasteiger partial charge in [0, 0.05) is 11.6 Å². The molecule has 29 heavy (non-hydrogen) atoms. The maximum atomic E-state index is 10.7. The van der Waals surface area contributed by atoms with Gasteiger partial charge >= 0.3 is 5.69 Å². The summed E-state index contributed by atoms with van der Waals surface area (Å²) in [6, 6.07) is 12.6. The van der Waals surface area contributed by atoms with E-state index in [1.54, 1.807) is 18.2 Å². The lowest BCUT2D eigenvalue weighted by Crippen LogP contribution is -2.05. The van der Waals surface area contributed by atoms with E-state index in [9.17, 15) is 20.3 Å². The van der Waals surface area contributed by atoms with Crippen LogP contribution >= 0.6 is 0 Å². The topological polar surface area (TPSA) is 83.6 Å². The van der Waals surface area contributed by atoms with Gasteiger partial charge in [0.25, 0.3) is 0 Å². The lowest BCUT2D eigenvalue weighted by atomic mass is 9.83. The Kier molecular flexibility index (Phi) is 7.50. The molecule has 0 aliphatic heterocycles. The van der Waals surface area contributed by atoms with Crippen LogP contribution < -0.4 is 0 Å². The Morgan fingerprint density at radius 3 is 1.79 bits per heavy atom. The SMILES string of the molecule is O=[N+]([O-])c1cccc(C2CCCCC2)c1O.Oc1ccccc1C1CCCCC1. The fraction of sp³-hybridized carbons (Fsp3) is 0.500. The van der Waals surface area contributed by atoms with Crippen molar-refractivity contribution in [1.82, 2.24) is 0 Å². The zero-order valence-electron chi connectivity index (χ0n) is 16.9. The van der Waals surface area contributed by atoms with Crippen molar-refractivity contribution in [3.8, 4) is 11.5 Å². The van der Waals surface area contributed by atoms with Crippen molar-refractivity contribution in [2.45, 2.75) is 76.0 Å². The average molecular weight is 398 g/mol. The number of nitro benzene ring substituents is 1. The number of nitrogens with zero attached hydrogens (tertiary/aromatic N) is 1. The highest BCUT2D eigenvalue weighted by Gasteiger charge is 2.23. The average Bonchev–Trinajstić information content (AvgIpc) is 2.76. The lowest BCUT2D eigenvalue weighted by Gasteiger charge is -2.22. The van der Waals surface area contributed by atoms with E-state index in [-0.39, 0.29) is 17.4 Å². The molecule has 0 saturated heterocycles. The van der Waals surface area contributed by atoms with Crippen molar-refractivity contribution in [2.75, 3.05) is 0 Å². The Morgan fingerprint density at radius 1 is 0.724 bits per heavy atom. The molecule has 2 fully saturated rings. The molecule has 0 radical (unpaired) electrons. The van der Waals surface area contributed by atoms with Gasteiger partial charge in [-0.3, -0.25) is 10.1 Å². The summed E-state index contributed by atoms with van der Waals surface area (Å²) in [6.07, 6.45) is 12.1. The summed E-state index contributed by atoms with van der Waals surface area (Å²) in [5.74, 6) is 1.23. The van der Waals surface area contributed by atoms with Crippen molar-refractivity contribution in [3.05, 3.63) is 63.7 Å². The molecule has 0 aromatic heterocycles. The maximum Gasteiger partial charge on any atom is 0.310 e. The first-order valence-electron chi connectivity index (χ1n) is 10.8. The van der Waals surface area contributed by atoms with Crippen LogP contribution in [0.3, 0.4) is 0 Å². The number of rotatable bonds is 3. The molecule has 5 heteroatoms. The summed E-state index contributed by atoms with van der Waals surface area (Å²) in [5, 5.41) is 30.2. The second kappa shape index (κ2) is 10.3. The zero-order valence-corrected chi connectivity index (χ0v) is 16.9. The van der Waals surface area contributed by atoms with E-state index in [1.807, 2.05) is 12.1 Å². The van der Waals surface area contributed by atoms with Crippen molar-refractivity contribution < 1.29 is 15.1 Å². The van der Waals surface area contributed by atoms with Gasteiger partial charge in [-0.1, -0.05) is 68.9 Å². The standard InChI is InChI=1S/C12H15NO3.C12H16O/c14-12-10(9-5-2-1-3-6-9)7-4-8-11(12)13(15)16;13-12-9-5-4-8-11(12)10-6-2-1-3-7-10/h4,7-9,14H,1-3,5-6H2;4-5,8-10,13H,1-3,6-7H2. The second-order valence-electron chi connectivity index (χ2n) is 8.20. The molecule has 0 heterocycles. The van der Waals surface area contributed by atoms with Crippen molar-refractivity contribution in [2.24, 2.45) is 0 Å². The fourth-order valence-electron chi connectivity index (χ4n) is 4.69. The quantitative estimate of drug-likeness (QED) is 0.441. The number of hydrogen-bond donors (Lipinski definition) is 2. The molecule has 0 unspecified atom stereocenters. The molecule has 156 valence electrons. The van der Waals surface area contributed by atoms with E-state index in [0.29, 0.717) is 11.7 Å². The first kappa shape index (κ1) is 21.2. The molecule has 2 aliphatic carbocycles. The third-order valence-corrected chi connectivity index (χ3v) is 6.27. The second-order valence-corrected chi connectivity index (χ2v) is 8.20. The van der Waals surface area contributed by atoms with Gasteiger partial charge in [0.1, 0.15) is 5.75 Å². The Hall–Kier alpha value is -2.56. The van der Waals surface area contributed by atoms with Crippen molar-refractivity contribution in [3.63, 3.8) is 0 Å². The number of benzene rings is 2. The summed E-state index contributed by atoms with van der Waals surface area (Å²) >= 11 is 0. The Balaban J connectivity index is 0.000000169. The number of phenols is 2. The Bertz CT molecular complexity index is 808. The van der Waals surface area contributed by atoms with Crippen LogP contribution in [0.15, 0.2) is 42.5 Å². The van der Waals surface area contributed by atoms with Gasteiger partial charge in [0.2, 0.25) is 0 Å². The van der Waals surface area contributed by atoms with E-state index in [2.05, 4.69) is 6.07 Å². The predicted molar refractivity (Wildman–Crippen MR) is 115 cm³/mol. The highest BCUT2D eigenvalue weighted by molar-refractivity contribution is 5.52. The minimum Gasteiger partial charge on any atom is -0.508 e. The van der Waals surface area contributed by atoms with Gasteiger partial charge in [-0.25, -0.2) is 0 Å². The van der Waals surface area contributed by atoms with Gasteiger partial charge < -0.3 is 10.2 Å². The van der Waals surface area contributed by atoms with Crippen LogP contribution in [0.5, 0.6) is 11.5 Å². The number of para-hydroxylation sites is 2. The molecular formula is C24H31NO4. The monoisotopic (exact) mass is 397 g/mol. The zero-order chi connectivity index (χ0) is 20.6. The van der Waals surface area contributed by atoms with Gasteiger partial charge in [0.05, 0.1) is 4.92 Å². The molecule has 2 aromatic rings. The summed E-state index contributed by atoms with van der Waals surface area (Å²) < 4.78 is 0. The molecule has 2 N–H and O–H groups in total. The van der Waals surface area contributed by atoms with Crippen LogP contribution in [0.25, 0.3) is 0 Å². The first-order valence-corrected chi connectivity index (χ1v) is 10.8. The van der Waals surface area contributed by atoms with Crippen LogP contribution in [-0.2, 0) is 0 Å². The largest absolute Gasteiger partial charge is 0.508 e. The van der Waals surface area contributed by atoms with Crippen LogP contribution in [0, 0.1) is 10.1 Å². The van der Waals surface area contributed by atoms with Crippen molar-refractivity contribution in [1.29, 1.82) is 0 Å². The highest BCUT2D eigenvalue weighted by atomic mass is 16.6. The normalized spacial score (nSPS) is 17.9. The van der Waals surface area contributed by atoms with Crippen LogP contribution in [0.4, 0.5) is 5.69 Å². The number of nitro groups is 1. The summed E-state index contributed by atoms with van der Waals surface area (Å²) in [7, 11) is 0. The molecule has 0 bridgehead atoms. The fourth-order valence-corrected chi connectivity index (χ4v) is 4.69. The van der Waals surface area contributed by atoms with E-state index < -0.39 is 4.92 Å². The highest BCUT2D eigenvalue weighted by Crippen LogP contribution is 2.40. The van der Waals surface area contributed by atoms with E-state index >= 15 is 0 Å². The number of hydrogen-bond acceptors (Lipinski definition) is 4. The van der Waals surface area contributed by atoms with Gasteiger partial charge in [0.15, 0.2) is 5.75 Å².